The molecule has 5 nitrogen and oxygen atoms in total. The molecule has 4 rings (SSSR count). The maximum atomic E-state index is 5.71. The Kier molecular flexibility index (Phi) is 4.17. The molecule has 132 valence electrons. The molecule has 1 aromatic carbocycles. The fourth-order valence-electron chi connectivity index (χ4n) is 3.47. The van der Waals surface area contributed by atoms with Crippen molar-refractivity contribution in [3.05, 3.63) is 65.6 Å². The van der Waals surface area contributed by atoms with Gasteiger partial charge in [0, 0.05) is 35.9 Å². The van der Waals surface area contributed by atoms with Gasteiger partial charge in [-0.2, -0.15) is 0 Å². The molecule has 0 amide bonds. The van der Waals surface area contributed by atoms with E-state index in [2.05, 4.69) is 40.2 Å². The molecule has 1 aliphatic rings. The van der Waals surface area contributed by atoms with Gasteiger partial charge in [0.25, 0.3) is 0 Å². The van der Waals surface area contributed by atoms with Gasteiger partial charge in [-0.15, -0.1) is 0 Å². The predicted molar refractivity (Wildman–Crippen MR) is 104 cm³/mol. The number of anilines is 2. The number of nitrogens with zero attached hydrogens (tertiary/aromatic N) is 3. The lowest BCUT2D eigenvalue weighted by atomic mass is 9.86. The molecule has 0 saturated carbocycles. The molecule has 2 heterocycles. The summed E-state index contributed by atoms with van der Waals surface area (Å²) >= 11 is 0. The van der Waals surface area contributed by atoms with Crippen LogP contribution >= 0.6 is 0 Å². The molecule has 0 atom stereocenters. The number of aryl methyl sites for hydroxylation is 1. The van der Waals surface area contributed by atoms with Crippen molar-refractivity contribution in [1.82, 2.24) is 15.0 Å². The van der Waals surface area contributed by atoms with Gasteiger partial charge >= 0.3 is 0 Å². The number of benzene rings is 1. The van der Waals surface area contributed by atoms with E-state index < -0.39 is 0 Å². The van der Waals surface area contributed by atoms with E-state index in [0.717, 1.165) is 35.3 Å². The first-order valence-electron chi connectivity index (χ1n) is 8.94. The van der Waals surface area contributed by atoms with Crippen molar-refractivity contribution in [3.63, 3.8) is 0 Å². The molecule has 0 bridgehead atoms. The largest absolute Gasteiger partial charge is 0.326 e. The zero-order valence-electron chi connectivity index (χ0n) is 15.2. The summed E-state index contributed by atoms with van der Waals surface area (Å²) in [6.07, 6.45) is 5.89. The lowest BCUT2D eigenvalue weighted by molar-refractivity contribution is 0.522. The Balaban J connectivity index is 1.64. The number of hydrogen-bond donors (Lipinski definition) is 2. The molecule has 0 unspecified atom stereocenters. The highest BCUT2D eigenvalue weighted by Gasteiger charge is 2.31. The van der Waals surface area contributed by atoms with Crippen molar-refractivity contribution in [2.75, 3.05) is 5.32 Å². The Morgan fingerprint density at radius 1 is 1.15 bits per heavy atom. The van der Waals surface area contributed by atoms with E-state index >= 15 is 0 Å². The standard InChI is InChI=1S/C21H23N5/c1-21(2)8-6-19-17(21)11-15(13-24-19)18-7-9-23-20(26-18)25-16-5-3-4-14(10-16)12-22/h3-5,7,9-11,13H,6,8,12,22H2,1-2H3,(H,23,25,26). The summed E-state index contributed by atoms with van der Waals surface area (Å²) in [5, 5.41) is 3.26. The fraction of sp³-hybridized carbons (Fsp3) is 0.286. The van der Waals surface area contributed by atoms with Gasteiger partial charge in [-0.25, -0.2) is 9.97 Å². The smallest absolute Gasteiger partial charge is 0.227 e. The third kappa shape index (κ3) is 3.18. The Morgan fingerprint density at radius 3 is 2.88 bits per heavy atom. The second kappa shape index (κ2) is 6.50. The van der Waals surface area contributed by atoms with E-state index in [1.165, 1.54) is 11.3 Å². The van der Waals surface area contributed by atoms with Crippen LogP contribution in [-0.2, 0) is 18.4 Å². The summed E-state index contributed by atoms with van der Waals surface area (Å²) in [5.74, 6) is 0.566. The normalized spacial score (nSPS) is 14.9. The summed E-state index contributed by atoms with van der Waals surface area (Å²) < 4.78 is 0. The highest BCUT2D eigenvalue weighted by Crippen LogP contribution is 2.38. The molecular formula is C21H23N5. The van der Waals surface area contributed by atoms with Gasteiger partial charge in [-0.05, 0) is 53.6 Å². The molecule has 26 heavy (non-hydrogen) atoms. The van der Waals surface area contributed by atoms with Gasteiger partial charge in [0.2, 0.25) is 5.95 Å². The second-order valence-corrected chi connectivity index (χ2v) is 7.40. The van der Waals surface area contributed by atoms with Crippen molar-refractivity contribution < 1.29 is 0 Å². The monoisotopic (exact) mass is 345 g/mol. The quantitative estimate of drug-likeness (QED) is 0.748. The van der Waals surface area contributed by atoms with Crippen LogP contribution < -0.4 is 11.1 Å². The fourth-order valence-corrected chi connectivity index (χ4v) is 3.47. The maximum Gasteiger partial charge on any atom is 0.227 e. The number of aromatic nitrogens is 3. The van der Waals surface area contributed by atoms with E-state index in [-0.39, 0.29) is 5.41 Å². The Bertz CT molecular complexity index is 949. The van der Waals surface area contributed by atoms with Crippen molar-refractivity contribution in [1.29, 1.82) is 0 Å². The van der Waals surface area contributed by atoms with Gasteiger partial charge in [-0.1, -0.05) is 26.0 Å². The second-order valence-electron chi connectivity index (χ2n) is 7.40. The zero-order chi connectivity index (χ0) is 18.1. The van der Waals surface area contributed by atoms with Crippen molar-refractivity contribution in [2.45, 2.75) is 38.6 Å². The summed E-state index contributed by atoms with van der Waals surface area (Å²) in [6, 6.07) is 12.1. The van der Waals surface area contributed by atoms with Crippen molar-refractivity contribution in [3.8, 4) is 11.3 Å². The molecule has 5 heteroatoms. The molecule has 2 aromatic heterocycles. The van der Waals surface area contributed by atoms with Gasteiger partial charge < -0.3 is 11.1 Å². The minimum Gasteiger partial charge on any atom is -0.326 e. The highest BCUT2D eigenvalue weighted by molar-refractivity contribution is 5.63. The molecule has 0 radical (unpaired) electrons. The molecular weight excluding hydrogens is 322 g/mol. The summed E-state index contributed by atoms with van der Waals surface area (Å²) in [7, 11) is 0. The van der Waals surface area contributed by atoms with Crippen LogP contribution in [0.4, 0.5) is 11.6 Å². The van der Waals surface area contributed by atoms with Crippen molar-refractivity contribution >= 4 is 11.6 Å². The number of rotatable bonds is 4. The van der Waals surface area contributed by atoms with E-state index in [1.807, 2.05) is 36.5 Å². The molecule has 0 saturated heterocycles. The summed E-state index contributed by atoms with van der Waals surface area (Å²) in [5.41, 5.74) is 12.3. The Morgan fingerprint density at radius 2 is 2.04 bits per heavy atom. The lowest BCUT2D eigenvalue weighted by Crippen LogP contribution is -2.12. The lowest BCUT2D eigenvalue weighted by Gasteiger charge is -2.19. The van der Waals surface area contributed by atoms with Gasteiger partial charge in [0.15, 0.2) is 0 Å². The first kappa shape index (κ1) is 16.7. The Labute approximate surface area is 153 Å². The average molecular weight is 345 g/mol. The third-order valence-corrected chi connectivity index (χ3v) is 5.06. The maximum absolute atomic E-state index is 5.71. The number of pyridine rings is 1. The van der Waals surface area contributed by atoms with E-state index in [1.54, 1.807) is 6.20 Å². The summed E-state index contributed by atoms with van der Waals surface area (Å²) in [6.45, 7) is 5.07. The Hall–Kier alpha value is -2.79. The minimum absolute atomic E-state index is 0.176. The number of nitrogens with one attached hydrogen (secondary N) is 1. The van der Waals surface area contributed by atoms with Crippen molar-refractivity contribution in [2.24, 2.45) is 5.73 Å². The predicted octanol–water partition coefficient (Wildman–Crippen LogP) is 3.96. The number of nitrogens with two attached hydrogens (primary N) is 1. The van der Waals surface area contributed by atoms with Crippen LogP contribution in [-0.4, -0.2) is 15.0 Å². The molecule has 3 aromatic rings. The van der Waals surface area contributed by atoms with Crippen LogP contribution in [0.1, 0.15) is 37.1 Å². The molecule has 0 spiro atoms. The third-order valence-electron chi connectivity index (χ3n) is 5.06. The van der Waals surface area contributed by atoms with Crippen LogP contribution in [0.2, 0.25) is 0 Å². The zero-order valence-corrected chi connectivity index (χ0v) is 15.2. The highest BCUT2D eigenvalue weighted by atomic mass is 15.1. The topological polar surface area (TPSA) is 76.7 Å². The van der Waals surface area contributed by atoms with Crippen LogP contribution in [0.25, 0.3) is 11.3 Å². The van der Waals surface area contributed by atoms with Gasteiger partial charge in [0.05, 0.1) is 5.69 Å². The van der Waals surface area contributed by atoms with Crippen LogP contribution in [0.3, 0.4) is 0 Å². The minimum atomic E-state index is 0.176. The first-order chi connectivity index (χ1) is 12.5. The first-order valence-corrected chi connectivity index (χ1v) is 8.94. The van der Waals surface area contributed by atoms with Crippen LogP contribution in [0, 0.1) is 0 Å². The summed E-state index contributed by atoms with van der Waals surface area (Å²) in [4.78, 5) is 13.7. The molecule has 0 fully saturated rings. The van der Waals surface area contributed by atoms with Gasteiger partial charge in [0.1, 0.15) is 0 Å². The molecule has 3 N–H and O–H groups in total. The molecule has 0 aliphatic heterocycles. The number of hydrogen-bond acceptors (Lipinski definition) is 5. The van der Waals surface area contributed by atoms with E-state index in [4.69, 9.17) is 5.73 Å². The van der Waals surface area contributed by atoms with E-state index in [9.17, 15) is 0 Å². The van der Waals surface area contributed by atoms with Gasteiger partial charge in [-0.3, -0.25) is 4.98 Å². The SMILES string of the molecule is CC1(C)CCc2ncc(-c3ccnc(Nc4cccc(CN)c4)n3)cc21. The number of fused-ring (bicyclic) bond motifs is 1. The van der Waals surface area contributed by atoms with Crippen LogP contribution in [0.15, 0.2) is 48.8 Å². The average Bonchev–Trinajstić information content (AvgIpc) is 2.96. The molecule has 1 aliphatic carbocycles. The van der Waals surface area contributed by atoms with E-state index in [0.29, 0.717) is 12.5 Å². The van der Waals surface area contributed by atoms with Crippen LogP contribution in [0.5, 0.6) is 0 Å².